The van der Waals surface area contributed by atoms with Gasteiger partial charge in [0.05, 0.1) is 18.0 Å². The van der Waals surface area contributed by atoms with Crippen LogP contribution in [-0.2, 0) is 25.6 Å². The molecule has 0 radical (unpaired) electrons. The molecule has 2 aromatic carbocycles. The number of nitrogens with one attached hydrogen (secondary N) is 2. The average molecular weight is 479 g/mol. The van der Waals surface area contributed by atoms with E-state index in [1.165, 1.54) is 24.2 Å². The van der Waals surface area contributed by atoms with Gasteiger partial charge in [-0.25, -0.2) is 4.79 Å². The van der Waals surface area contributed by atoms with Crippen molar-refractivity contribution in [1.82, 2.24) is 15.1 Å². The number of amides is 2. The molecule has 0 saturated carbocycles. The number of carboxylic acid groups (broad SMARTS) is 1. The van der Waals surface area contributed by atoms with Crippen LogP contribution in [0.4, 0.5) is 10.5 Å². The highest BCUT2D eigenvalue weighted by atomic mass is 16.5. The molecule has 35 heavy (non-hydrogen) atoms. The highest BCUT2D eigenvalue weighted by molar-refractivity contribution is 5.96. The van der Waals surface area contributed by atoms with E-state index >= 15 is 0 Å². The minimum atomic E-state index is -1.06. The number of carboxylic acids is 1. The highest BCUT2D eigenvalue weighted by Gasteiger charge is 2.31. The van der Waals surface area contributed by atoms with Gasteiger partial charge in [0, 0.05) is 19.2 Å². The molecule has 0 saturated heterocycles. The Bertz CT molecular complexity index is 1190. The van der Waals surface area contributed by atoms with E-state index in [0.717, 1.165) is 22.3 Å². The largest absolute Gasteiger partial charge is 0.480 e. The fourth-order valence-electron chi connectivity index (χ4n) is 4.17. The number of hydrogen-bond donors (Lipinski definition) is 3. The molecule has 0 spiro atoms. The first kappa shape index (κ1) is 24.0. The number of anilines is 1. The van der Waals surface area contributed by atoms with Gasteiger partial charge < -0.3 is 25.2 Å². The molecule has 0 bridgehead atoms. The van der Waals surface area contributed by atoms with E-state index in [2.05, 4.69) is 15.7 Å². The zero-order chi connectivity index (χ0) is 24.9. The van der Waals surface area contributed by atoms with Crippen LogP contribution in [0.5, 0.6) is 0 Å². The van der Waals surface area contributed by atoms with Gasteiger partial charge in [-0.3, -0.25) is 14.3 Å². The molecule has 1 heterocycles. The number of fused-ring (bicyclic) bond motifs is 3. The second-order valence-corrected chi connectivity index (χ2v) is 8.20. The molecule has 1 aliphatic carbocycles. The number of aromatic nitrogens is 2. The molecular formula is C25H26N4O6. The van der Waals surface area contributed by atoms with Gasteiger partial charge in [0.1, 0.15) is 19.2 Å². The van der Waals surface area contributed by atoms with Gasteiger partial charge in [-0.1, -0.05) is 48.5 Å². The van der Waals surface area contributed by atoms with E-state index in [4.69, 9.17) is 14.6 Å². The maximum Gasteiger partial charge on any atom is 0.407 e. The number of alkyl carbamates (subject to hydrolysis) is 1. The van der Waals surface area contributed by atoms with Crippen LogP contribution in [0.1, 0.15) is 24.0 Å². The fraction of sp³-hybridized carbons (Fsp3) is 0.280. The SMILES string of the molecule is CO[C@H](C)[C@H](NC(=O)OCC1c2ccccc2-c2ccccc21)C(=O)Nc1cnn(CC(=O)O)c1. The van der Waals surface area contributed by atoms with Crippen molar-refractivity contribution in [1.29, 1.82) is 0 Å². The molecule has 1 aliphatic rings. The monoisotopic (exact) mass is 478 g/mol. The summed E-state index contributed by atoms with van der Waals surface area (Å²) in [4.78, 5) is 36.4. The van der Waals surface area contributed by atoms with E-state index in [9.17, 15) is 14.4 Å². The van der Waals surface area contributed by atoms with Crippen LogP contribution in [0.3, 0.4) is 0 Å². The Morgan fingerprint density at radius 1 is 1.09 bits per heavy atom. The number of rotatable bonds is 9. The first-order valence-electron chi connectivity index (χ1n) is 11.1. The Balaban J connectivity index is 1.41. The predicted molar refractivity (Wildman–Crippen MR) is 127 cm³/mol. The molecule has 2 amide bonds. The normalized spacial score (nSPS) is 13.9. The first-order chi connectivity index (χ1) is 16.9. The molecule has 10 nitrogen and oxygen atoms in total. The molecule has 1 aromatic heterocycles. The quantitative estimate of drug-likeness (QED) is 0.431. The van der Waals surface area contributed by atoms with Crippen LogP contribution >= 0.6 is 0 Å². The average Bonchev–Trinajstić information content (AvgIpc) is 3.41. The van der Waals surface area contributed by atoms with E-state index in [0.29, 0.717) is 5.69 Å². The Morgan fingerprint density at radius 3 is 2.31 bits per heavy atom. The van der Waals surface area contributed by atoms with E-state index in [1.807, 2.05) is 48.5 Å². The van der Waals surface area contributed by atoms with E-state index in [-0.39, 0.29) is 19.1 Å². The Labute approximate surface area is 201 Å². The highest BCUT2D eigenvalue weighted by Crippen LogP contribution is 2.44. The smallest absolute Gasteiger partial charge is 0.407 e. The van der Waals surface area contributed by atoms with Crippen LogP contribution in [-0.4, -0.2) is 58.7 Å². The predicted octanol–water partition coefficient (Wildman–Crippen LogP) is 2.85. The van der Waals surface area contributed by atoms with Crippen molar-refractivity contribution in [3.63, 3.8) is 0 Å². The van der Waals surface area contributed by atoms with Crippen molar-refractivity contribution >= 4 is 23.7 Å². The number of carbonyl (C=O) groups is 3. The van der Waals surface area contributed by atoms with Gasteiger partial charge in [0.25, 0.3) is 0 Å². The number of benzene rings is 2. The molecule has 182 valence electrons. The summed E-state index contributed by atoms with van der Waals surface area (Å²) in [7, 11) is 1.43. The summed E-state index contributed by atoms with van der Waals surface area (Å²) >= 11 is 0. The van der Waals surface area contributed by atoms with E-state index in [1.54, 1.807) is 6.92 Å². The number of aliphatic carboxylic acids is 1. The maximum atomic E-state index is 12.9. The summed E-state index contributed by atoms with van der Waals surface area (Å²) in [5.74, 6) is -1.73. The van der Waals surface area contributed by atoms with Gasteiger partial charge in [0.2, 0.25) is 5.91 Å². The van der Waals surface area contributed by atoms with Crippen LogP contribution in [0, 0.1) is 0 Å². The van der Waals surface area contributed by atoms with Gasteiger partial charge in [-0.2, -0.15) is 5.10 Å². The number of hydrogen-bond acceptors (Lipinski definition) is 6. The molecule has 0 aliphatic heterocycles. The Morgan fingerprint density at radius 2 is 1.71 bits per heavy atom. The van der Waals surface area contributed by atoms with E-state index < -0.39 is 30.1 Å². The number of ether oxygens (including phenoxy) is 2. The zero-order valence-corrected chi connectivity index (χ0v) is 19.3. The zero-order valence-electron chi connectivity index (χ0n) is 19.3. The number of nitrogens with zero attached hydrogens (tertiary/aromatic N) is 2. The van der Waals surface area contributed by atoms with Crippen LogP contribution in [0.25, 0.3) is 11.1 Å². The van der Waals surface area contributed by atoms with Gasteiger partial charge in [-0.15, -0.1) is 0 Å². The lowest BCUT2D eigenvalue weighted by molar-refractivity contribution is -0.137. The number of methoxy groups -OCH3 is 1. The molecular weight excluding hydrogens is 452 g/mol. The summed E-state index contributed by atoms with van der Waals surface area (Å²) in [6.07, 6.45) is 1.29. The van der Waals surface area contributed by atoms with Crippen molar-refractivity contribution in [3.8, 4) is 11.1 Å². The van der Waals surface area contributed by atoms with Crippen LogP contribution < -0.4 is 10.6 Å². The van der Waals surface area contributed by atoms with Crippen molar-refractivity contribution in [2.45, 2.75) is 31.5 Å². The third-order valence-corrected chi connectivity index (χ3v) is 5.94. The lowest BCUT2D eigenvalue weighted by Gasteiger charge is -2.23. The summed E-state index contributed by atoms with van der Waals surface area (Å²) in [5.41, 5.74) is 4.69. The summed E-state index contributed by atoms with van der Waals surface area (Å²) in [6, 6.07) is 15.0. The lowest BCUT2D eigenvalue weighted by Crippen LogP contribution is -2.51. The first-order valence-corrected chi connectivity index (χ1v) is 11.1. The van der Waals surface area contributed by atoms with Crippen molar-refractivity contribution in [2.24, 2.45) is 0 Å². The second kappa shape index (κ2) is 10.4. The Hall–Kier alpha value is -4.18. The molecule has 2 atom stereocenters. The standard InChI is InChI=1S/C25H26N4O6/c1-15(34-2)23(24(32)27-16-11-26-29(12-16)13-22(30)31)28-25(33)35-14-21-19-9-5-3-7-17(19)18-8-4-6-10-20(18)21/h3-12,15,21,23H,13-14H2,1-2H3,(H,27,32)(H,28,33)(H,30,31)/t15-,23+/m1/s1. The second-order valence-electron chi connectivity index (χ2n) is 8.20. The third-order valence-electron chi connectivity index (χ3n) is 5.94. The van der Waals surface area contributed by atoms with Crippen molar-refractivity contribution < 1.29 is 29.0 Å². The van der Waals surface area contributed by atoms with Crippen molar-refractivity contribution in [2.75, 3.05) is 19.0 Å². The maximum absolute atomic E-state index is 12.9. The minimum absolute atomic E-state index is 0.109. The minimum Gasteiger partial charge on any atom is -0.480 e. The van der Waals surface area contributed by atoms with Crippen molar-refractivity contribution in [3.05, 3.63) is 72.1 Å². The number of carbonyl (C=O) groups excluding carboxylic acids is 2. The molecule has 3 N–H and O–H groups in total. The Kier molecular flexibility index (Phi) is 7.11. The van der Waals surface area contributed by atoms with Gasteiger partial charge >= 0.3 is 12.1 Å². The fourth-order valence-corrected chi connectivity index (χ4v) is 4.17. The van der Waals surface area contributed by atoms with Gasteiger partial charge in [0.15, 0.2) is 0 Å². The summed E-state index contributed by atoms with van der Waals surface area (Å²) in [6.45, 7) is 1.41. The molecule has 0 unspecified atom stereocenters. The summed E-state index contributed by atoms with van der Waals surface area (Å²) < 4.78 is 12.0. The molecule has 10 heteroatoms. The summed E-state index contributed by atoms with van der Waals surface area (Å²) in [5, 5.41) is 17.9. The molecule has 4 rings (SSSR count). The molecule has 3 aromatic rings. The van der Waals surface area contributed by atoms with Crippen LogP contribution in [0.15, 0.2) is 60.9 Å². The molecule has 0 fully saturated rings. The van der Waals surface area contributed by atoms with Crippen LogP contribution in [0.2, 0.25) is 0 Å². The third kappa shape index (κ3) is 5.33. The van der Waals surface area contributed by atoms with Gasteiger partial charge in [-0.05, 0) is 29.2 Å². The topological polar surface area (TPSA) is 132 Å². The lowest BCUT2D eigenvalue weighted by atomic mass is 9.98.